The number of nitrogens with zero attached hydrogens (tertiary/aromatic N) is 1. The number of ether oxygens (including phenoxy) is 1. The molecule has 0 aromatic heterocycles. The molecule has 4 heteroatoms. The smallest absolute Gasteiger partial charge is 0.220 e. The number of nitrogens with one attached hydrogen (secondary N) is 1. The maximum absolute atomic E-state index is 11.9. The standard InChI is InChI=1S/C16H32N2O2/c1-12(2)7-8-15(19)17-11-16(5,6)18-9-13(3)20-14(4)10-18/h12-14H,7-11H2,1-6H3,(H,17,19). The number of rotatable bonds is 6. The van der Waals surface area contributed by atoms with E-state index < -0.39 is 0 Å². The second-order valence-corrected chi connectivity index (χ2v) is 7.18. The molecule has 0 aromatic carbocycles. The first-order valence-corrected chi connectivity index (χ1v) is 7.88. The summed E-state index contributed by atoms with van der Waals surface area (Å²) in [5.74, 6) is 0.746. The molecule has 1 aliphatic heterocycles. The Morgan fingerprint density at radius 2 is 1.85 bits per heavy atom. The lowest BCUT2D eigenvalue weighted by molar-refractivity contribution is -0.123. The highest BCUT2D eigenvalue weighted by atomic mass is 16.5. The second-order valence-electron chi connectivity index (χ2n) is 7.18. The highest BCUT2D eigenvalue weighted by Gasteiger charge is 2.33. The van der Waals surface area contributed by atoms with Crippen LogP contribution in [0.4, 0.5) is 0 Å². The predicted octanol–water partition coefficient (Wildman–Crippen LogP) is 2.43. The molecule has 4 nitrogen and oxygen atoms in total. The summed E-state index contributed by atoms with van der Waals surface area (Å²) in [6.45, 7) is 15.5. The van der Waals surface area contributed by atoms with Crippen molar-refractivity contribution >= 4 is 5.91 Å². The highest BCUT2D eigenvalue weighted by Crippen LogP contribution is 2.20. The van der Waals surface area contributed by atoms with Crippen LogP contribution in [-0.2, 0) is 9.53 Å². The average Bonchev–Trinajstić information content (AvgIpc) is 2.32. The van der Waals surface area contributed by atoms with Crippen LogP contribution in [0.3, 0.4) is 0 Å². The molecule has 0 bridgehead atoms. The largest absolute Gasteiger partial charge is 0.373 e. The van der Waals surface area contributed by atoms with Gasteiger partial charge in [-0.15, -0.1) is 0 Å². The van der Waals surface area contributed by atoms with E-state index in [0.29, 0.717) is 18.9 Å². The summed E-state index contributed by atoms with van der Waals surface area (Å²) in [5.41, 5.74) is -0.0280. The average molecular weight is 284 g/mol. The molecule has 1 saturated heterocycles. The number of carbonyl (C=O) groups excluding carboxylic acids is 1. The number of morpholine rings is 1. The monoisotopic (exact) mass is 284 g/mol. The van der Waals surface area contributed by atoms with Gasteiger partial charge in [-0.05, 0) is 40.0 Å². The van der Waals surface area contributed by atoms with Crippen LogP contribution in [0.25, 0.3) is 0 Å². The fraction of sp³-hybridized carbons (Fsp3) is 0.938. The summed E-state index contributed by atoms with van der Waals surface area (Å²) in [7, 11) is 0. The van der Waals surface area contributed by atoms with Crippen LogP contribution in [0.15, 0.2) is 0 Å². The van der Waals surface area contributed by atoms with Crippen LogP contribution < -0.4 is 5.32 Å². The van der Waals surface area contributed by atoms with E-state index in [1.54, 1.807) is 0 Å². The van der Waals surface area contributed by atoms with E-state index >= 15 is 0 Å². The zero-order valence-corrected chi connectivity index (χ0v) is 14.0. The lowest BCUT2D eigenvalue weighted by Crippen LogP contribution is -2.58. The third-order valence-electron chi connectivity index (χ3n) is 3.94. The van der Waals surface area contributed by atoms with Crippen LogP contribution in [0.1, 0.15) is 54.4 Å². The first-order valence-electron chi connectivity index (χ1n) is 7.88. The van der Waals surface area contributed by atoms with Gasteiger partial charge in [-0.3, -0.25) is 9.69 Å². The summed E-state index contributed by atoms with van der Waals surface area (Å²) >= 11 is 0. The summed E-state index contributed by atoms with van der Waals surface area (Å²) < 4.78 is 5.77. The summed E-state index contributed by atoms with van der Waals surface area (Å²) in [6, 6.07) is 0. The minimum atomic E-state index is -0.0280. The minimum Gasteiger partial charge on any atom is -0.373 e. The van der Waals surface area contributed by atoms with E-state index in [1.807, 2.05) is 0 Å². The quantitative estimate of drug-likeness (QED) is 0.814. The van der Waals surface area contributed by atoms with Gasteiger partial charge in [0.05, 0.1) is 12.2 Å². The first kappa shape index (κ1) is 17.4. The molecule has 0 aromatic rings. The van der Waals surface area contributed by atoms with Gasteiger partial charge in [-0.25, -0.2) is 0 Å². The molecule has 0 saturated carbocycles. The van der Waals surface area contributed by atoms with E-state index in [-0.39, 0.29) is 23.7 Å². The van der Waals surface area contributed by atoms with Gasteiger partial charge >= 0.3 is 0 Å². The van der Waals surface area contributed by atoms with Crippen molar-refractivity contribution < 1.29 is 9.53 Å². The first-order chi connectivity index (χ1) is 9.20. The van der Waals surface area contributed by atoms with Gasteiger partial charge < -0.3 is 10.1 Å². The summed E-state index contributed by atoms with van der Waals surface area (Å²) in [5, 5.41) is 3.08. The Kier molecular flexibility index (Phi) is 6.46. The molecule has 1 aliphatic rings. The van der Waals surface area contributed by atoms with Crippen molar-refractivity contribution in [3.63, 3.8) is 0 Å². The van der Waals surface area contributed by atoms with E-state index in [4.69, 9.17) is 4.74 Å². The Morgan fingerprint density at radius 1 is 1.30 bits per heavy atom. The van der Waals surface area contributed by atoms with Crippen molar-refractivity contribution in [2.24, 2.45) is 5.92 Å². The van der Waals surface area contributed by atoms with Crippen molar-refractivity contribution in [1.82, 2.24) is 10.2 Å². The van der Waals surface area contributed by atoms with Gasteiger partial charge in [0.15, 0.2) is 0 Å². The molecule has 1 amide bonds. The highest BCUT2D eigenvalue weighted by molar-refractivity contribution is 5.75. The van der Waals surface area contributed by atoms with E-state index in [9.17, 15) is 4.79 Å². The summed E-state index contributed by atoms with van der Waals surface area (Å²) in [6.07, 6.45) is 2.10. The summed E-state index contributed by atoms with van der Waals surface area (Å²) in [4.78, 5) is 14.3. The van der Waals surface area contributed by atoms with Crippen LogP contribution in [0.5, 0.6) is 0 Å². The van der Waals surface area contributed by atoms with Gasteiger partial charge in [-0.1, -0.05) is 13.8 Å². The van der Waals surface area contributed by atoms with Crippen LogP contribution in [0.2, 0.25) is 0 Å². The Hall–Kier alpha value is -0.610. The Balaban J connectivity index is 2.42. The molecular weight excluding hydrogens is 252 g/mol. The number of hydrogen-bond acceptors (Lipinski definition) is 3. The zero-order valence-electron chi connectivity index (χ0n) is 14.0. The van der Waals surface area contributed by atoms with E-state index in [2.05, 4.69) is 51.8 Å². The molecule has 0 spiro atoms. The molecule has 20 heavy (non-hydrogen) atoms. The maximum Gasteiger partial charge on any atom is 0.220 e. The topological polar surface area (TPSA) is 41.6 Å². The van der Waals surface area contributed by atoms with Crippen LogP contribution in [-0.4, -0.2) is 48.2 Å². The minimum absolute atomic E-state index is 0.0280. The lowest BCUT2D eigenvalue weighted by atomic mass is 9.99. The number of hydrogen-bond donors (Lipinski definition) is 1. The molecule has 1 N–H and O–H groups in total. The molecule has 2 atom stereocenters. The molecule has 1 heterocycles. The van der Waals surface area contributed by atoms with Crippen molar-refractivity contribution in [3.8, 4) is 0 Å². The lowest BCUT2D eigenvalue weighted by Gasteiger charge is -2.45. The Bertz CT molecular complexity index is 306. The molecule has 1 fully saturated rings. The van der Waals surface area contributed by atoms with Crippen molar-refractivity contribution in [2.45, 2.75) is 72.1 Å². The van der Waals surface area contributed by atoms with E-state index in [1.165, 1.54) is 0 Å². The van der Waals surface area contributed by atoms with Gasteiger partial charge in [0, 0.05) is 31.6 Å². The van der Waals surface area contributed by atoms with Crippen molar-refractivity contribution in [2.75, 3.05) is 19.6 Å². The number of carbonyl (C=O) groups is 1. The molecule has 2 unspecified atom stereocenters. The third kappa shape index (κ3) is 5.80. The zero-order chi connectivity index (χ0) is 15.3. The van der Waals surface area contributed by atoms with Crippen molar-refractivity contribution in [1.29, 1.82) is 0 Å². The van der Waals surface area contributed by atoms with Gasteiger partial charge in [0.25, 0.3) is 0 Å². The normalized spacial score (nSPS) is 24.9. The van der Waals surface area contributed by atoms with Crippen molar-refractivity contribution in [3.05, 3.63) is 0 Å². The Morgan fingerprint density at radius 3 is 2.35 bits per heavy atom. The molecule has 118 valence electrons. The van der Waals surface area contributed by atoms with Crippen LogP contribution >= 0.6 is 0 Å². The Labute approximate surface area is 124 Å². The fourth-order valence-corrected chi connectivity index (χ4v) is 2.61. The molecular formula is C16H32N2O2. The SMILES string of the molecule is CC(C)CCC(=O)NCC(C)(C)N1CC(C)OC(C)C1. The fourth-order valence-electron chi connectivity index (χ4n) is 2.61. The second kappa shape index (κ2) is 7.41. The predicted molar refractivity (Wildman–Crippen MR) is 82.7 cm³/mol. The van der Waals surface area contributed by atoms with E-state index in [0.717, 1.165) is 19.5 Å². The molecule has 0 aliphatic carbocycles. The number of amides is 1. The van der Waals surface area contributed by atoms with Gasteiger partial charge in [-0.2, -0.15) is 0 Å². The molecule has 0 radical (unpaired) electrons. The van der Waals surface area contributed by atoms with Gasteiger partial charge in [0.2, 0.25) is 5.91 Å². The molecule has 1 rings (SSSR count). The maximum atomic E-state index is 11.9. The van der Waals surface area contributed by atoms with Gasteiger partial charge in [0.1, 0.15) is 0 Å². The van der Waals surface area contributed by atoms with Crippen LogP contribution in [0, 0.1) is 5.92 Å². The third-order valence-corrected chi connectivity index (χ3v) is 3.94.